The van der Waals surface area contributed by atoms with Crippen molar-refractivity contribution in [3.63, 3.8) is 0 Å². The van der Waals surface area contributed by atoms with Crippen molar-refractivity contribution < 1.29 is 23.9 Å². The number of methoxy groups -OCH3 is 1. The third-order valence-electron chi connectivity index (χ3n) is 7.34. The molecule has 1 fully saturated rings. The Hall–Kier alpha value is -3.71. The summed E-state index contributed by atoms with van der Waals surface area (Å²) in [7, 11) is 1.60. The maximum atomic E-state index is 13.9. The standard InChI is InChI=1S/C29H22BrNO5/c1-15-3-12-20-22-14-21(16-4-10-19(35-2)11-5-16)24-26(25(22)29(34)36-23(20)13-15)28(33)31(27(24)32)18-8-6-17(30)7-9-18/h3-14,21,24-26H,1-2H3/t21-,24+,25-,26-/m0/s1. The van der Waals surface area contributed by atoms with Crippen LogP contribution in [0.5, 0.6) is 11.5 Å². The van der Waals surface area contributed by atoms with Gasteiger partial charge in [-0.1, -0.05) is 46.3 Å². The van der Waals surface area contributed by atoms with Gasteiger partial charge in [0.25, 0.3) is 0 Å². The number of amides is 2. The lowest BCUT2D eigenvalue weighted by atomic mass is 9.64. The number of carbonyl (C=O) groups excluding carboxylic acids is 3. The predicted octanol–water partition coefficient (Wildman–Crippen LogP) is 5.29. The molecule has 2 aliphatic heterocycles. The molecular formula is C29H22BrNO5. The number of halogens is 1. The highest BCUT2D eigenvalue weighted by Gasteiger charge is 2.60. The fourth-order valence-electron chi connectivity index (χ4n) is 5.66. The molecule has 1 aliphatic carbocycles. The molecule has 1 saturated heterocycles. The van der Waals surface area contributed by atoms with Gasteiger partial charge < -0.3 is 9.47 Å². The van der Waals surface area contributed by atoms with E-state index in [-0.39, 0.29) is 11.8 Å². The molecule has 0 N–H and O–H groups in total. The van der Waals surface area contributed by atoms with Gasteiger partial charge in [-0.3, -0.25) is 14.4 Å². The van der Waals surface area contributed by atoms with Gasteiger partial charge in [0.1, 0.15) is 11.5 Å². The molecule has 3 aromatic rings. The number of hydrogen-bond donors (Lipinski definition) is 0. The van der Waals surface area contributed by atoms with E-state index >= 15 is 0 Å². The van der Waals surface area contributed by atoms with Crippen LogP contribution in [0, 0.1) is 24.7 Å². The predicted molar refractivity (Wildman–Crippen MR) is 138 cm³/mol. The van der Waals surface area contributed by atoms with Gasteiger partial charge in [-0.25, -0.2) is 4.90 Å². The third-order valence-corrected chi connectivity index (χ3v) is 7.86. The maximum absolute atomic E-state index is 13.9. The number of nitrogens with zero attached hydrogens (tertiary/aromatic N) is 1. The lowest BCUT2D eigenvalue weighted by Gasteiger charge is -2.38. The first-order valence-corrected chi connectivity index (χ1v) is 12.5. The van der Waals surface area contributed by atoms with Gasteiger partial charge in [0.15, 0.2) is 0 Å². The minimum absolute atomic E-state index is 0.314. The molecule has 6 rings (SSSR count). The zero-order valence-electron chi connectivity index (χ0n) is 19.6. The quantitative estimate of drug-likeness (QED) is 0.255. The first-order valence-electron chi connectivity index (χ1n) is 11.7. The molecule has 180 valence electrons. The Labute approximate surface area is 216 Å². The highest BCUT2D eigenvalue weighted by molar-refractivity contribution is 9.10. The molecule has 3 aliphatic rings. The minimum atomic E-state index is -0.866. The van der Waals surface area contributed by atoms with Crippen LogP contribution in [0.25, 0.3) is 5.57 Å². The van der Waals surface area contributed by atoms with Gasteiger partial charge in [-0.2, -0.15) is 0 Å². The van der Waals surface area contributed by atoms with Crippen molar-refractivity contribution in [2.75, 3.05) is 12.0 Å². The Morgan fingerprint density at radius 1 is 0.889 bits per heavy atom. The molecule has 2 heterocycles. The number of aryl methyl sites for hydroxylation is 1. The second kappa shape index (κ2) is 8.45. The average molecular weight is 544 g/mol. The van der Waals surface area contributed by atoms with Crippen LogP contribution in [0.2, 0.25) is 0 Å². The number of allylic oxidation sites excluding steroid dienone is 1. The van der Waals surface area contributed by atoms with Gasteiger partial charge in [0, 0.05) is 16.0 Å². The van der Waals surface area contributed by atoms with E-state index in [0.29, 0.717) is 17.2 Å². The largest absolute Gasteiger partial charge is 0.497 e. The van der Waals surface area contributed by atoms with Crippen molar-refractivity contribution in [3.05, 3.63) is 94.0 Å². The zero-order valence-corrected chi connectivity index (χ0v) is 21.2. The fraction of sp³-hybridized carbons (Fsp3) is 0.207. The average Bonchev–Trinajstić information content (AvgIpc) is 3.14. The molecule has 2 amide bonds. The summed E-state index contributed by atoms with van der Waals surface area (Å²) in [6.45, 7) is 1.93. The van der Waals surface area contributed by atoms with Crippen molar-refractivity contribution in [1.29, 1.82) is 0 Å². The molecule has 0 radical (unpaired) electrons. The van der Waals surface area contributed by atoms with E-state index in [1.807, 2.05) is 55.5 Å². The monoisotopic (exact) mass is 543 g/mol. The Balaban J connectivity index is 1.54. The molecule has 0 aromatic heterocycles. The molecule has 3 aromatic carbocycles. The number of fused-ring (bicyclic) bond motifs is 5. The molecule has 0 bridgehead atoms. The van der Waals surface area contributed by atoms with Gasteiger partial charge in [-0.15, -0.1) is 0 Å². The highest BCUT2D eigenvalue weighted by atomic mass is 79.9. The fourth-order valence-corrected chi connectivity index (χ4v) is 5.93. The van der Waals surface area contributed by atoms with Gasteiger partial charge in [0.05, 0.1) is 30.6 Å². The molecule has 0 unspecified atom stereocenters. The molecule has 6 nitrogen and oxygen atoms in total. The Morgan fingerprint density at radius 2 is 1.58 bits per heavy atom. The van der Waals surface area contributed by atoms with E-state index < -0.39 is 29.6 Å². The number of esters is 1. The van der Waals surface area contributed by atoms with Gasteiger partial charge in [0.2, 0.25) is 11.8 Å². The second-order valence-corrected chi connectivity index (χ2v) is 10.3. The van der Waals surface area contributed by atoms with Crippen LogP contribution >= 0.6 is 15.9 Å². The van der Waals surface area contributed by atoms with E-state index in [1.54, 1.807) is 31.4 Å². The minimum Gasteiger partial charge on any atom is -0.497 e. The van der Waals surface area contributed by atoms with Crippen molar-refractivity contribution in [1.82, 2.24) is 0 Å². The zero-order chi connectivity index (χ0) is 25.1. The van der Waals surface area contributed by atoms with Crippen molar-refractivity contribution >= 4 is 45.0 Å². The number of imide groups is 1. The summed E-state index contributed by atoms with van der Waals surface area (Å²) in [6, 6.07) is 20.3. The summed E-state index contributed by atoms with van der Waals surface area (Å²) in [4.78, 5) is 42.4. The van der Waals surface area contributed by atoms with Crippen LogP contribution in [0.4, 0.5) is 5.69 Å². The molecule has 36 heavy (non-hydrogen) atoms. The van der Waals surface area contributed by atoms with E-state index in [9.17, 15) is 14.4 Å². The summed E-state index contributed by atoms with van der Waals surface area (Å²) in [5.41, 5.74) is 3.85. The summed E-state index contributed by atoms with van der Waals surface area (Å²) in [5.74, 6) is -2.86. The Morgan fingerprint density at radius 3 is 2.28 bits per heavy atom. The van der Waals surface area contributed by atoms with E-state index in [4.69, 9.17) is 9.47 Å². The third kappa shape index (κ3) is 3.41. The van der Waals surface area contributed by atoms with Crippen LogP contribution < -0.4 is 14.4 Å². The normalized spacial score (nSPS) is 24.5. The first kappa shape index (κ1) is 22.7. The number of rotatable bonds is 3. The van der Waals surface area contributed by atoms with Gasteiger partial charge in [-0.05, 0) is 66.1 Å². The lowest BCUT2D eigenvalue weighted by Crippen LogP contribution is -2.42. The number of ether oxygens (including phenoxy) is 2. The summed E-state index contributed by atoms with van der Waals surface area (Å²) in [5, 5.41) is 0. The number of carbonyl (C=O) groups is 3. The highest BCUT2D eigenvalue weighted by Crippen LogP contribution is 2.54. The molecule has 4 atom stereocenters. The summed E-state index contributed by atoms with van der Waals surface area (Å²) < 4.78 is 11.9. The first-order chi connectivity index (χ1) is 17.4. The topological polar surface area (TPSA) is 72.9 Å². The van der Waals surface area contributed by atoms with Crippen LogP contribution in [-0.4, -0.2) is 24.9 Å². The van der Waals surface area contributed by atoms with E-state index in [2.05, 4.69) is 15.9 Å². The summed E-state index contributed by atoms with van der Waals surface area (Å²) >= 11 is 3.40. The molecular weight excluding hydrogens is 522 g/mol. The lowest BCUT2D eigenvalue weighted by molar-refractivity contribution is -0.142. The maximum Gasteiger partial charge on any atom is 0.319 e. The van der Waals surface area contributed by atoms with Crippen molar-refractivity contribution in [2.24, 2.45) is 17.8 Å². The molecule has 0 spiro atoms. The second-order valence-electron chi connectivity index (χ2n) is 9.36. The van der Waals surface area contributed by atoms with Gasteiger partial charge >= 0.3 is 5.97 Å². The van der Waals surface area contributed by atoms with Crippen LogP contribution in [0.1, 0.15) is 22.6 Å². The Kier molecular flexibility index (Phi) is 5.34. The van der Waals surface area contributed by atoms with E-state index in [1.165, 1.54) is 4.90 Å². The SMILES string of the molecule is COc1ccc([C@@H]2C=C3c4ccc(C)cc4OC(=O)[C@@H]3[C@H]3C(=O)N(c4ccc(Br)cc4)C(=O)[C@@H]32)cc1. The number of hydrogen-bond acceptors (Lipinski definition) is 5. The van der Waals surface area contributed by atoms with E-state index in [0.717, 1.165) is 26.7 Å². The molecule has 0 saturated carbocycles. The van der Waals surface area contributed by atoms with Crippen molar-refractivity contribution in [2.45, 2.75) is 12.8 Å². The van der Waals surface area contributed by atoms with Crippen LogP contribution in [0.3, 0.4) is 0 Å². The number of anilines is 1. The Bertz CT molecular complexity index is 1440. The van der Waals surface area contributed by atoms with Crippen LogP contribution in [0.15, 0.2) is 77.3 Å². The smallest absolute Gasteiger partial charge is 0.319 e. The van der Waals surface area contributed by atoms with Crippen LogP contribution in [-0.2, 0) is 14.4 Å². The van der Waals surface area contributed by atoms with Crippen molar-refractivity contribution in [3.8, 4) is 11.5 Å². The molecule has 7 heteroatoms. The number of benzene rings is 3. The summed E-state index contributed by atoms with van der Waals surface area (Å²) in [6.07, 6.45) is 1.98.